The van der Waals surface area contributed by atoms with Crippen molar-refractivity contribution in [3.8, 4) is 11.3 Å². The number of nitrogens with one attached hydrogen (secondary N) is 2. The van der Waals surface area contributed by atoms with E-state index in [1.54, 1.807) is 6.92 Å². The van der Waals surface area contributed by atoms with Gasteiger partial charge in [0.15, 0.2) is 0 Å². The Kier molecular flexibility index (Phi) is 3.52. The van der Waals surface area contributed by atoms with Gasteiger partial charge in [-0.25, -0.2) is 5.48 Å². The van der Waals surface area contributed by atoms with Crippen LogP contribution in [0.5, 0.6) is 0 Å². The number of rotatable bonds is 4. The molecule has 1 amide bonds. The van der Waals surface area contributed by atoms with Crippen LogP contribution >= 0.6 is 0 Å². The Bertz CT molecular complexity index is 493. The number of aromatic amines is 1. The van der Waals surface area contributed by atoms with Crippen molar-refractivity contribution < 1.29 is 9.63 Å². The molecular formula is C12H13N3O2. The van der Waals surface area contributed by atoms with Crippen LogP contribution < -0.4 is 5.48 Å². The number of H-pyrrole nitrogens is 1. The molecule has 1 heterocycles. The topological polar surface area (TPSA) is 67.0 Å². The first-order chi connectivity index (χ1) is 8.33. The van der Waals surface area contributed by atoms with Crippen molar-refractivity contribution >= 4 is 5.91 Å². The first-order valence-electron chi connectivity index (χ1n) is 5.34. The van der Waals surface area contributed by atoms with Crippen LogP contribution in [0, 0.1) is 0 Å². The molecule has 0 saturated carbocycles. The fraction of sp³-hybridized carbons (Fsp3) is 0.167. The van der Waals surface area contributed by atoms with Crippen molar-refractivity contribution in [1.29, 1.82) is 0 Å². The lowest BCUT2D eigenvalue weighted by Crippen LogP contribution is -2.23. The Hall–Kier alpha value is -2.14. The molecule has 0 aliphatic carbocycles. The summed E-state index contributed by atoms with van der Waals surface area (Å²) < 4.78 is 0. The number of benzene rings is 1. The van der Waals surface area contributed by atoms with E-state index in [1.807, 2.05) is 30.3 Å². The van der Waals surface area contributed by atoms with Gasteiger partial charge in [0.1, 0.15) is 0 Å². The summed E-state index contributed by atoms with van der Waals surface area (Å²) in [7, 11) is 0. The number of carbonyl (C=O) groups is 1. The van der Waals surface area contributed by atoms with Crippen molar-refractivity contribution in [2.45, 2.75) is 6.92 Å². The Morgan fingerprint density at radius 1 is 1.41 bits per heavy atom. The van der Waals surface area contributed by atoms with Crippen molar-refractivity contribution in [3.63, 3.8) is 0 Å². The highest BCUT2D eigenvalue weighted by molar-refractivity contribution is 5.99. The summed E-state index contributed by atoms with van der Waals surface area (Å²) in [4.78, 5) is 16.6. The lowest BCUT2D eigenvalue weighted by atomic mass is 10.1. The maximum Gasteiger partial charge on any atom is 0.278 e. The number of nitrogens with zero attached hydrogens (tertiary/aromatic N) is 1. The molecule has 88 valence electrons. The van der Waals surface area contributed by atoms with Gasteiger partial charge in [0.2, 0.25) is 0 Å². The van der Waals surface area contributed by atoms with Crippen LogP contribution in [0.3, 0.4) is 0 Å². The first-order valence-corrected chi connectivity index (χ1v) is 5.34. The molecule has 2 rings (SSSR count). The molecule has 0 aliphatic heterocycles. The fourth-order valence-corrected chi connectivity index (χ4v) is 1.48. The number of carbonyl (C=O) groups excluding carboxylic acids is 1. The number of hydrogen-bond donors (Lipinski definition) is 2. The van der Waals surface area contributed by atoms with E-state index in [-0.39, 0.29) is 5.91 Å². The van der Waals surface area contributed by atoms with Crippen LogP contribution in [0.4, 0.5) is 0 Å². The van der Waals surface area contributed by atoms with E-state index in [0.29, 0.717) is 17.9 Å². The highest BCUT2D eigenvalue weighted by Gasteiger charge is 2.14. The predicted octanol–water partition coefficient (Wildman–Crippen LogP) is 1.76. The van der Waals surface area contributed by atoms with Crippen LogP contribution in [0.15, 0.2) is 36.5 Å². The summed E-state index contributed by atoms with van der Waals surface area (Å²) in [5.74, 6) is -0.306. The maximum atomic E-state index is 11.8. The Labute approximate surface area is 98.8 Å². The average Bonchev–Trinajstić information content (AvgIpc) is 2.86. The third kappa shape index (κ3) is 2.51. The predicted molar refractivity (Wildman–Crippen MR) is 63.1 cm³/mol. The van der Waals surface area contributed by atoms with E-state index in [2.05, 4.69) is 15.7 Å². The Morgan fingerprint density at radius 3 is 2.88 bits per heavy atom. The molecule has 0 spiro atoms. The van der Waals surface area contributed by atoms with Gasteiger partial charge >= 0.3 is 0 Å². The van der Waals surface area contributed by atoms with Crippen LogP contribution in [0.2, 0.25) is 0 Å². The monoisotopic (exact) mass is 231 g/mol. The van der Waals surface area contributed by atoms with Crippen molar-refractivity contribution in [1.82, 2.24) is 15.7 Å². The second kappa shape index (κ2) is 5.27. The molecule has 2 N–H and O–H groups in total. The van der Waals surface area contributed by atoms with Gasteiger partial charge in [0, 0.05) is 5.56 Å². The van der Waals surface area contributed by atoms with Gasteiger partial charge in [-0.15, -0.1) is 0 Å². The number of aromatic nitrogens is 2. The molecule has 1 aromatic carbocycles. The van der Waals surface area contributed by atoms with Crippen LogP contribution in [0.1, 0.15) is 17.3 Å². The van der Waals surface area contributed by atoms with Crippen LogP contribution in [-0.4, -0.2) is 22.7 Å². The molecule has 5 nitrogen and oxygen atoms in total. The van der Waals surface area contributed by atoms with Gasteiger partial charge in [-0.05, 0) is 6.92 Å². The first kappa shape index (κ1) is 11.3. The lowest BCUT2D eigenvalue weighted by Gasteiger charge is -2.04. The third-order valence-electron chi connectivity index (χ3n) is 2.26. The largest absolute Gasteiger partial charge is 0.278 e. The Balaban J connectivity index is 2.26. The molecule has 0 fully saturated rings. The molecular weight excluding hydrogens is 218 g/mol. The summed E-state index contributed by atoms with van der Waals surface area (Å²) in [6.45, 7) is 2.22. The maximum absolute atomic E-state index is 11.8. The van der Waals surface area contributed by atoms with Gasteiger partial charge < -0.3 is 0 Å². The molecule has 1 aromatic heterocycles. The molecule has 0 bridgehead atoms. The minimum Gasteiger partial charge on any atom is -0.277 e. The zero-order valence-electron chi connectivity index (χ0n) is 9.43. The smallest absolute Gasteiger partial charge is 0.277 e. The summed E-state index contributed by atoms with van der Waals surface area (Å²) >= 11 is 0. The summed E-state index contributed by atoms with van der Waals surface area (Å²) in [6.07, 6.45) is 1.48. The Morgan fingerprint density at radius 2 is 2.18 bits per heavy atom. The number of hydroxylamine groups is 1. The van der Waals surface area contributed by atoms with Gasteiger partial charge in [-0.2, -0.15) is 5.10 Å². The van der Waals surface area contributed by atoms with E-state index in [4.69, 9.17) is 4.84 Å². The van der Waals surface area contributed by atoms with Gasteiger partial charge in [0.25, 0.3) is 5.91 Å². The normalized spacial score (nSPS) is 10.2. The molecule has 0 saturated heterocycles. The summed E-state index contributed by atoms with van der Waals surface area (Å²) in [6, 6.07) is 9.54. The van der Waals surface area contributed by atoms with E-state index in [0.717, 1.165) is 5.56 Å². The molecule has 2 aromatic rings. The quantitative estimate of drug-likeness (QED) is 0.788. The zero-order chi connectivity index (χ0) is 12.1. The van der Waals surface area contributed by atoms with Crippen molar-refractivity contribution in [2.24, 2.45) is 0 Å². The highest BCUT2D eigenvalue weighted by Crippen LogP contribution is 2.20. The van der Waals surface area contributed by atoms with Gasteiger partial charge in [0.05, 0.1) is 24.1 Å². The van der Waals surface area contributed by atoms with E-state index in [1.165, 1.54) is 6.20 Å². The number of amides is 1. The minimum atomic E-state index is -0.306. The number of hydrogen-bond acceptors (Lipinski definition) is 3. The van der Waals surface area contributed by atoms with Crippen molar-refractivity contribution in [3.05, 3.63) is 42.1 Å². The second-order valence-corrected chi connectivity index (χ2v) is 3.39. The SMILES string of the molecule is CCONC(=O)c1cn[nH]c1-c1ccccc1. The van der Waals surface area contributed by atoms with Gasteiger partial charge in [-0.3, -0.25) is 14.7 Å². The van der Waals surface area contributed by atoms with E-state index >= 15 is 0 Å². The van der Waals surface area contributed by atoms with E-state index < -0.39 is 0 Å². The summed E-state index contributed by atoms with van der Waals surface area (Å²) in [5, 5.41) is 6.70. The molecule has 17 heavy (non-hydrogen) atoms. The molecule has 5 heteroatoms. The molecule has 0 radical (unpaired) electrons. The molecule has 0 unspecified atom stereocenters. The lowest BCUT2D eigenvalue weighted by molar-refractivity contribution is 0.0365. The molecule has 0 atom stereocenters. The van der Waals surface area contributed by atoms with E-state index in [9.17, 15) is 4.79 Å². The minimum absolute atomic E-state index is 0.306. The average molecular weight is 231 g/mol. The van der Waals surface area contributed by atoms with Crippen LogP contribution in [0.25, 0.3) is 11.3 Å². The third-order valence-corrected chi connectivity index (χ3v) is 2.26. The zero-order valence-corrected chi connectivity index (χ0v) is 9.43. The molecule has 0 aliphatic rings. The second-order valence-electron chi connectivity index (χ2n) is 3.39. The van der Waals surface area contributed by atoms with Gasteiger partial charge in [-0.1, -0.05) is 30.3 Å². The van der Waals surface area contributed by atoms with Crippen LogP contribution in [-0.2, 0) is 4.84 Å². The standard InChI is InChI=1S/C12H13N3O2/c1-2-17-15-12(16)10-8-13-14-11(10)9-6-4-3-5-7-9/h3-8H,2H2,1H3,(H,13,14)(H,15,16). The summed E-state index contributed by atoms with van der Waals surface area (Å²) in [5.41, 5.74) is 4.40. The highest BCUT2D eigenvalue weighted by atomic mass is 16.6. The van der Waals surface area contributed by atoms with Crippen molar-refractivity contribution in [2.75, 3.05) is 6.61 Å². The fourth-order valence-electron chi connectivity index (χ4n) is 1.48.